The second-order valence-electron chi connectivity index (χ2n) is 8.43. The van der Waals surface area contributed by atoms with Crippen LogP contribution in [0.4, 0.5) is 10.7 Å². The van der Waals surface area contributed by atoms with Gasteiger partial charge in [-0.2, -0.15) is 4.98 Å². The number of carboxylic acid groups (broad SMARTS) is 1. The normalized spacial score (nSPS) is 12.2. The maximum absolute atomic E-state index is 12.6. The number of nitrogens with one attached hydrogen (secondary N) is 2. The molecule has 2 aromatic carbocycles. The number of ether oxygens (including phenoxy) is 1. The van der Waals surface area contributed by atoms with E-state index in [1.165, 1.54) is 0 Å². The summed E-state index contributed by atoms with van der Waals surface area (Å²) in [6.07, 6.45) is -0.760. The fourth-order valence-electron chi connectivity index (χ4n) is 4.11. The summed E-state index contributed by atoms with van der Waals surface area (Å²) in [5.74, 6) is -2.10. The molecule has 1 aliphatic rings. The molecule has 0 saturated carbocycles. The Labute approximate surface area is 196 Å². The molecule has 10 nitrogen and oxygen atoms in total. The first kappa shape index (κ1) is 23.0. The van der Waals surface area contributed by atoms with E-state index in [-0.39, 0.29) is 36.8 Å². The van der Waals surface area contributed by atoms with Crippen molar-refractivity contribution < 1.29 is 24.2 Å². The molecule has 0 bridgehead atoms. The molecule has 0 fully saturated rings. The maximum Gasteiger partial charge on any atom is 0.414 e. The molecule has 3 aromatic rings. The van der Waals surface area contributed by atoms with Crippen molar-refractivity contribution in [3.8, 4) is 11.1 Å². The lowest BCUT2D eigenvalue weighted by Crippen LogP contribution is -2.38. The Morgan fingerprint density at radius 3 is 2.29 bits per heavy atom. The molecule has 34 heavy (non-hydrogen) atoms. The second kappa shape index (κ2) is 9.74. The Bertz CT molecular complexity index is 1180. The van der Waals surface area contributed by atoms with Crippen molar-refractivity contribution in [2.45, 2.75) is 19.8 Å². The third-order valence-corrected chi connectivity index (χ3v) is 5.44. The van der Waals surface area contributed by atoms with Crippen molar-refractivity contribution in [2.24, 2.45) is 5.92 Å². The summed E-state index contributed by atoms with van der Waals surface area (Å²) < 4.78 is 5.45. The third-order valence-electron chi connectivity index (χ3n) is 5.44. The monoisotopic (exact) mass is 463 g/mol. The van der Waals surface area contributed by atoms with Gasteiger partial charge in [-0.15, -0.1) is 5.10 Å². The summed E-state index contributed by atoms with van der Waals surface area (Å²) >= 11 is 0. The summed E-state index contributed by atoms with van der Waals surface area (Å²) in [6, 6.07) is 16.0. The average molecular weight is 463 g/mol. The number of aliphatic carboxylic acids is 1. The Kier molecular flexibility index (Phi) is 6.58. The Morgan fingerprint density at radius 1 is 1.09 bits per heavy atom. The Hall–Kier alpha value is -4.21. The number of nitrogens with zero attached hydrogens (tertiary/aromatic N) is 3. The van der Waals surface area contributed by atoms with Crippen LogP contribution in [0.15, 0.2) is 48.5 Å². The number of fused-ring (bicyclic) bond motifs is 3. The van der Waals surface area contributed by atoms with E-state index in [0.717, 1.165) is 27.2 Å². The van der Waals surface area contributed by atoms with Crippen LogP contribution in [0.25, 0.3) is 11.1 Å². The minimum Gasteiger partial charge on any atom is -0.480 e. The lowest BCUT2D eigenvalue weighted by molar-refractivity contribution is -0.137. The number of benzene rings is 2. The van der Waals surface area contributed by atoms with Crippen molar-refractivity contribution >= 4 is 23.9 Å². The van der Waals surface area contributed by atoms with Gasteiger partial charge in [0.05, 0.1) is 0 Å². The van der Waals surface area contributed by atoms with E-state index >= 15 is 0 Å². The number of aromatic nitrogens is 3. The molecular formula is C24H25N5O5. The molecule has 1 aliphatic carbocycles. The van der Waals surface area contributed by atoms with E-state index in [2.05, 4.69) is 20.5 Å². The zero-order valence-corrected chi connectivity index (χ0v) is 18.8. The van der Waals surface area contributed by atoms with Crippen LogP contribution in [0, 0.1) is 5.92 Å². The Morgan fingerprint density at radius 2 is 1.71 bits per heavy atom. The van der Waals surface area contributed by atoms with Crippen LogP contribution in [0.5, 0.6) is 0 Å². The van der Waals surface area contributed by atoms with Crippen LogP contribution in [0.3, 0.4) is 0 Å². The van der Waals surface area contributed by atoms with Crippen LogP contribution in [-0.2, 0) is 9.53 Å². The van der Waals surface area contributed by atoms with Crippen molar-refractivity contribution in [3.05, 3.63) is 65.5 Å². The molecule has 1 heterocycles. The minimum absolute atomic E-state index is 0.0599. The highest BCUT2D eigenvalue weighted by molar-refractivity contribution is 5.93. The van der Waals surface area contributed by atoms with Crippen molar-refractivity contribution in [1.82, 2.24) is 20.1 Å². The summed E-state index contributed by atoms with van der Waals surface area (Å²) in [5.41, 5.74) is 4.42. The minimum atomic E-state index is -1.13. The van der Waals surface area contributed by atoms with Gasteiger partial charge in [-0.3, -0.25) is 20.0 Å². The first-order valence-corrected chi connectivity index (χ1v) is 10.9. The fraction of sp³-hybridized carbons (Fsp3) is 0.292. The molecule has 0 spiro atoms. The standard InChI is InChI=1S/C24H25N5O5/c1-14(2)11-29(12-20(30)31)22(32)21-25-23(28-27-21)26-24(33)34-13-19-17-9-5-3-7-15(17)16-8-4-6-10-18(16)19/h3-10,14,19H,11-13H2,1-2H3,(H,30,31)(H2,25,26,27,28,33). The zero-order chi connectivity index (χ0) is 24.2. The van der Waals surface area contributed by atoms with E-state index < -0.39 is 24.5 Å². The number of amides is 2. The molecule has 176 valence electrons. The number of carboxylic acids is 1. The number of aromatic amines is 1. The lowest BCUT2D eigenvalue weighted by Gasteiger charge is -2.21. The average Bonchev–Trinajstić information content (AvgIpc) is 3.39. The van der Waals surface area contributed by atoms with Crippen LogP contribution in [0.2, 0.25) is 0 Å². The largest absolute Gasteiger partial charge is 0.480 e. The van der Waals surface area contributed by atoms with Gasteiger partial charge in [-0.1, -0.05) is 62.4 Å². The predicted molar refractivity (Wildman–Crippen MR) is 123 cm³/mol. The molecule has 0 radical (unpaired) electrons. The maximum atomic E-state index is 12.6. The molecule has 2 amide bonds. The van der Waals surface area contributed by atoms with Gasteiger partial charge in [0.15, 0.2) is 0 Å². The number of rotatable bonds is 8. The van der Waals surface area contributed by atoms with Crippen LogP contribution >= 0.6 is 0 Å². The number of carbonyl (C=O) groups is 3. The van der Waals surface area contributed by atoms with Crippen molar-refractivity contribution in [3.63, 3.8) is 0 Å². The van der Waals surface area contributed by atoms with E-state index in [4.69, 9.17) is 9.84 Å². The van der Waals surface area contributed by atoms with Gasteiger partial charge >= 0.3 is 12.1 Å². The topological polar surface area (TPSA) is 138 Å². The number of anilines is 1. The van der Waals surface area contributed by atoms with Gasteiger partial charge in [0, 0.05) is 12.5 Å². The van der Waals surface area contributed by atoms with Crippen LogP contribution < -0.4 is 5.32 Å². The summed E-state index contributed by atoms with van der Waals surface area (Å²) in [4.78, 5) is 41.3. The van der Waals surface area contributed by atoms with E-state index in [0.29, 0.717) is 0 Å². The quantitative estimate of drug-likeness (QED) is 0.466. The predicted octanol–water partition coefficient (Wildman–Crippen LogP) is 3.35. The van der Waals surface area contributed by atoms with E-state index in [1.807, 2.05) is 62.4 Å². The summed E-state index contributed by atoms with van der Waals surface area (Å²) in [7, 11) is 0. The van der Waals surface area contributed by atoms with Gasteiger partial charge < -0.3 is 14.7 Å². The first-order chi connectivity index (χ1) is 16.3. The number of hydrogen-bond donors (Lipinski definition) is 3. The summed E-state index contributed by atoms with van der Waals surface area (Å²) in [5, 5.41) is 17.8. The number of H-pyrrole nitrogens is 1. The van der Waals surface area contributed by atoms with E-state index in [9.17, 15) is 14.4 Å². The van der Waals surface area contributed by atoms with Crippen molar-refractivity contribution in [2.75, 3.05) is 25.0 Å². The summed E-state index contributed by atoms with van der Waals surface area (Å²) in [6.45, 7) is 3.63. The highest BCUT2D eigenvalue weighted by Crippen LogP contribution is 2.44. The van der Waals surface area contributed by atoms with Gasteiger partial charge in [0.2, 0.25) is 5.82 Å². The van der Waals surface area contributed by atoms with Gasteiger partial charge in [0.1, 0.15) is 13.2 Å². The molecule has 0 unspecified atom stereocenters. The number of carbonyl (C=O) groups excluding carboxylic acids is 2. The lowest BCUT2D eigenvalue weighted by atomic mass is 9.98. The molecular weight excluding hydrogens is 438 g/mol. The first-order valence-electron chi connectivity index (χ1n) is 10.9. The third kappa shape index (κ3) is 4.90. The molecule has 3 N–H and O–H groups in total. The van der Waals surface area contributed by atoms with Gasteiger partial charge in [-0.25, -0.2) is 4.79 Å². The van der Waals surface area contributed by atoms with Gasteiger partial charge in [-0.05, 0) is 28.2 Å². The molecule has 0 aliphatic heterocycles. The molecule has 0 saturated heterocycles. The second-order valence-corrected chi connectivity index (χ2v) is 8.43. The fourth-order valence-corrected chi connectivity index (χ4v) is 4.11. The number of hydrogen-bond acceptors (Lipinski definition) is 6. The van der Waals surface area contributed by atoms with Crippen LogP contribution in [-0.4, -0.2) is 62.9 Å². The van der Waals surface area contributed by atoms with Crippen molar-refractivity contribution in [1.29, 1.82) is 0 Å². The molecule has 0 atom stereocenters. The highest BCUT2D eigenvalue weighted by atomic mass is 16.5. The van der Waals surface area contributed by atoms with E-state index in [1.54, 1.807) is 0 Å². The van der Waals surface area contributed by atoms with Gasteiger partial charge in [0.25, 0.3) is 11.9 Å². The zero-order valence-electron chi connectivity index (χ0n) is 18.8. The highest BCUT2D eigenvalue weighted by Gasteiger charge is 2.29. The molecule has 1 aromatic heterocycles. The Balaban J connectivity index is 1.39. The SMILES string of the molecule is CC(C)CN(CC(=O)O)C(=O)c1nc(NC(=O)OCC2c3ccccc3-c3ccccc32)n[nH]1. The van der Waals surface area contributed by atoms with Crippen LogP contribution in [0.1, 0.15) is 41.5 Å². The molecule has 10 heteroatoms. The molecule has 4 rings (SSSR count). The smallest absolute Gasteiger partial charge is 0.414 e.